The summed E-state index contributed by atoms with van der Waals surface area (Å²) in [7, 11) is 0. The normalized spacial score (nSPS) is 11.2. The average Bonchev–Trinajstić information content (AvgIpc) is 2.50. The van der Waals surface area contributed by atoms with E-state index in [1.807, 2.05) is 19.3 Å². The molecule has 0 atom stereocenters. The first-order valence-corrected chi connectivity index (χ1v) is 4.49. The van der Waals surface area contributed by atoms with Crippen LogP contribution in [0.1, 0.15) is 26.1 Å². The molecule has 0 spiro atoms. The maximum atomic E-state index is 4.29. The predicted octanol–water partition coefficient (Wildman–Crippen LogP) is 2.41. The summed E-state index contributed by atoms with van der Waals surface area (Å²) in [6, 6.07) is 0. The molecule has 0 aromatic carbocycles. The molecule has 1 aromatic rings. The molecule has 0 aliphatic carbocycles. The first-order chi connectivity index (χ1) is 5.88. The number of imidazole rings is 1. The molecule has 66 valence electrons. The van der Waals surface area contributed by atoms with Gasteiger partial charge in [0.1, 0.15) is 5.82 Å². The lowest BCUT2D eigenvalue weighted by molar-refractivity contribution is 0.716. The Labute approximate surface area is 73.9 Å². The van der Waals surface area contributed by atoms with E-state index >= 15 is 0 Å². The zero-order valence-electron chi connectivity index (χ0n) is 7.83. The molecule has 0 amide bonds. The summed E-state index contributed by atoms with van der Waals surface area (Å²) in [4.78, 5) is 4.29. The predicted molar refractivity (Wildman–Crippen MR) is 51.0 cm³/mol. The largest absolute Gasteiger partial charge is 0.331 e. The number of nitrogens with zero attached hydrogens (tertiary/aromatic N) is 2. The molecule has 0 fully saturated rings. The van der Waals surface area contributed by atoms with Gasteiger partial charge in [-0.1, -0.05) is 19.1 Å². The zero-order chi connectivity index (χ0) is 8.81. The standard InChI is InChI=1S/C10H16N2/c1-3-5-8-12-9-7-11-10(12)6-4-2/h3,5,7,9H,4,6,8H2,1-2H3. The van der Waals surface area contributed by atoms with Crippen molar-refractivity contribution in [3.8, 4) is 0 Å². The first kappa shape index (κ1) is 9.04. The highest BCUT2D eigenvalue weighted by Gasteiger charge is 1.97. The van der Waals surface area contributed by atoms with Gasteiger partial charge in [0.2, 0.25) is 0 Å². The van der Waals surface area contributed by atoms with Gasteiger partial charge in [-0.25, -0.2) is 4.98 Å². The highest BCUT2D eigenvalue weighted by atomic mass is 15.0. The van der Waals surface area contributed by atoms with Crippen molar-refractivity contribution in [1.82, 2.24) is 9.55 Å². The molecule has 0 aliphatic heterocycles. The fraction of sp³-hybridized carbons (Fsp3) is 0.500. The molecule has 0 saturated heterocycles. The SMILES string of the molecule is CC=CCn1ccnc1CCC. The number of rotatable bonds is 4. The van der Waals surface area contributed by atoms with E-state index in [4.69, 9.17) is 0 Å². The minimum absolute atomic E-state index is 0.950. The van der Waals surface area contributed by atoms with E-state index in [-0.39, 0.29) is 0 Å². The van der Waals surface area contributed by atoms with Crippen LogP contribution in [0.25, 0.3) is 0 Å². The molecule has 0 N–H and O–H groups in total. The lowest BCUT2D eigenvalue weighted by Crippen LogP contribution is -2.00. The third-order valence-electron chi connectivity index (χ3n) is 1.81. The first-order valence-electron chi connectivity index (χ1n) is 4.49. The van der Waals surface area contributed by atoms with Crippen molar-refractivity contribution in [1.29, 1.82) is 0 Å². The lowest BCUT2D eigenvalue weighted by atomic mass is 10.3. The highest BCUT2D eigenvalue weighted by molar-refractivity contribution is 4.95. The van der Waals surface area contributed by atoms with Gasteiger partial charge in [0.15, 0.2) is 0 Å². The van der Waals surface area contributed by atoms with E-state index in [1.165, 1.54) is 5.82 Å². The van der Waals surface area contributed by atoms with Crippen molar-refractivity contribution in [3.63, 3.8) is 0 Å². The third kappa shape index (κ3) is 2.22. The summed E-state index contributed by atoms with van der Waals surface area (Å²) in [5.74, 6) is 1.19. The van der Waals surface area contributed by atoms with Crippen LogP contribution >= 0.6 is 0 Å². The van der Waals surface area contributed by atoms with Crippen LogP contribution in [0.3, 0.4) is 0 Å². The Morgan fingerprint density at radius 2 is 2.42 bits per heavy atom. The Balaban J connectivity index is 2.63. The van der Waals surface area contributed by atoms with Gasteiger partial charge in [-0.2, -0.15) is 0 Å². The van der Waals surface area contributed by atoms with Crippen LogP contribution in [0.2, 0.25) is 0 Å². The van der Waals surface area contributed by atoms with E-state index in [2.05, 4.69) is 28.6 Å². The molecule has 2 nitrogen and oxygen atoms in total. The summed E-state index contributed by atoms with van der Waals surface area (Å²) in [6.45, 7) is 5.16. The molecule has 0 aliphatic rings. The van der Waals surface area contributed by atoms with Gasteiger partial charge in [0, 0.05) is 25.4 Å². The van der Waals surface area contributed by atoms with E-state index in [1.54, 1.807) is 0 Å². The zero-order valence-corrected chi connectivity index (χ0v) is 7.83. The Bertz CT molecular complexity index is 248. The summed E-state index contributed by atoms with van der Waals surface area (Å²) >= 11 is 0. The number of allylic oxidation sites excluding steroid dienone is 2. The molecule has 1 heterocycles. The summed E-state index contributed by atoms with van der Waals surface area (Å²) in [5, 5.41) is 0. The van der Waals surface area contributed by atoms with Crippen molar-refractivity contribution in [2.45, 2.75) is 33.2 Å². The Morgan fingerprint density at radius 3 is 3.08 bits per heavy atom. The van der Waals surface area contributed by atoms with Crippen molar-refractivity contribution < 1.29 is 0 Å². The fourth-order valence-corrected chi connectivity index (χ4v) is 1.18. The number of aromatic nitrogens is 2. The van der Waals surface area contributed by atoms with E-state index in [0.717, 1.165) is 19.4 Å². The molecule has 0 radical (unpaired) electrons. The van der Waals surface area contributed by atoms with Gasteiger partial charge in [-0.3, -0.25) is 0 Å². The van der Waals surface area contributed by atoms with Crippen LogP contribution in [-0.2, 0) is 13.0 Å². The fourth-order valence-electron chi connectivity index (χ4n) is 1.18. The van der Waals surface area contributed by atoms with Gasteiger partial charge < -0.3 is 4.57 Å². The summed E-state index contributed by atoms with van der Waals surface area (Å²) in [6.07, 6.45) is 10.3. The topological polar surface area (TPSA) is 17.8 Å². The van der Waals surface area contributed by atoms with Gasteiger partial charge in [-0.15, -0.1) is 0 Å². The molecule has 1 rings (SSSR count). The Kier molecular flexibility index (Phi) is 3.58. The summed E-state index contributed by atoms with van der Waals surface area (Å²) < 4.78 is 2.18. The minimum Gasteiger partial charge on any atom is -0.331 e. The molecule has 0 bridgehead atoms. The van der Waals surface area contributed by atoms with E-state index in [0.29, 0.717) is 0 Å². The van der Waals surface area contributed by atoms with Crippen LogP contribution < -0.4 is 0 Å². The van der Waals surface area contributed by atoms with Crippen LogP contribution in [0.15, 0.2) is 24.5 Å². The quantitative estimate of drug-likeness (QED) is 0.625. The minimum atomic E-state index is 0.950. The molecular formula is C10H16N2. The van der Waals surface area contributed by atoms with Gasteiger partial charge >= 0.3 is 0 Å². The second-order valence-corrected chi connectivity index (χ2v) is 2.81. The van der Waals surface area contributed by atoms with Crippen LogP contribution in [0.5, 0.6) is 0 Å². The molecule has 12 heavy (non-hydrogen) atoms. The maximum Gasteiger partial charge on any atom is 0.108 e. The lowest BCUT2D eigenvalue weighted by Gasteiger charge is -2.02. The number of aryl methyl sites for hydroxylation is 1. The van der Waals surface area contributed by atoms with Crippen LogP contribution in [-0.4, -0.2) is 9.55 Å². The molecule has 0 unspecified atom stereocenters. The monoisotopic (exact) mass is 164 g/mol. The van der Waals surface area contributed by atoms with Crippen molar-refractivity contribution in [3.05, 3.63) is 30.4 Å². The highest BCUT2D eigenvalue weighted by Crippen LogP contribution is 2.01. The third-order valence-corrected chi connectivity index (χ3v) is 1.81. The van der Waals surface area contributed by atoms with Crippen molar-refractivity contribution in [2.75, 3.05) is 0 Å². The van der Waals surface area contributed by atoms with Gasteiger partial charge in [0.05, 0.1) is 0 Å². The van der Waals surface area contributed by atoms with Crippen LogP contribution in [0.4, 0.5) is 0 Å². The van der Waals surface area contributed by atoms with Crippen molar-refractivity contribution in [2.24, 2.45) is 0 Å². The average molecular weight is 164 g/mol. The molecule has 2 heteroatoms. The summed E-state index contributed by atoms with van der Waals surface area (Å²) in [5.41, 5.74) is 0. The maximum absolute atomic E-state index is 4.29. The molecule has 0 saturated carbocycles. The molecule has 1 aromatic heterocycles. The second kappa shape index (κ2) is 4.75. The molecular weight excluding hydrogens is 148 g/mol. The number of hydrogen-bond donors (Lipinski definition) is 0. The van der Waals surface area contributed by atoms with E-state index in [9.17, 15) is 0 Å². The Hall–Kier alpha value is -1.05. The van der Waals surface area contributed by atoms with Gasteiger partial charge in [-0.05, 0) is 13.3 Å². The van der Waals surface area contributed by atoms with Crippen LogP contribution in [0, 0.1) is 0 Å². The smallest absolute Gasteiger partial charge is 0.108 e. The van der Waals surface area contributed by atoms with Gasteiger partial charge in [0.25, 0.3) is 0 Å². The van der Waals surface area contributed by atoms with E-state index < -0.39 is 0 Å². The Morgan fingerprint density at radius 1 is 1.58 bits per heavy atom. The van der Waals surface area contributed by atoms with Crippen molar-refractivity contribution >= 4 is 0 Å². The number of hydrogen-bond acceptors (Lipinski definition) is 1. The second-order valence-electron chi connectivity index (χ2n) is 2.81.